The molecule has 1 aliphatic carbocycles. The fourth-order valence-corrected chi connectivity index (χ4v) is 2.77. The van der Waals surface area contributed by atoms with Crippen LogP contribution in [0.1, 0.15) is 36.0 Å². The third kappa shape index (κ3) is 4.60. The van der Waals surface area contributed by atoms with Crippen molar-refractivity contribution in [3.8, 4) is 0 Å². The topological polar surface area (TPSA) is 93.5 Å². The molecule has 6 nitrogen and oxygen atoms in total. The monoisotopic (exact) mass is 373 g/mol. The van der Waals surface area contributed by atoms with Crippen LogP contribution in [0.15, 0.2) is 18.2 Å². The normalized spacial score (nSPS) is 22.6. The molecule has 4 N–H and O–H groups in total. The molecule has 0 spiro atoms. The Kier molecular flexibility index (Phi) is 6.46. The Bertz CT molecular complexity index is 623. The van der Waals surface area contributed by atoms with Crippen molar-refractivity contribution < 1.29 is 14.3 Å². The van der Waals surface area contributed by atoms with Crippen molar-refractivity contribution in [1.82, 2.24) is 5.32 Å². The van der Waals surface area contributed by atoms with E-state index < -0.39 is 6.10 Å². The Morgan fingerprint density at radius 3 is 2.62 bits per heavy atom. The second-order valence-corrected chi connectivity index (χ2v) is 6.40. The SMILES string of the molecule is Cl.NC[C@H]1CC[C@@H](C(=O)Nc2ccc(Cl)c(C(=O)NC3CC3)c2)O1. The van der Waals surface area contributed by atoms with Crippen molar-refractivity contribution >= 4 is 41.5 Å². The third-order valence-corrected chi connectivity index (χ3v) is 4.38. The van der Waals surface area contributed by atoms with Gasteiger partial charge in [-0.15, -0.1) is 12.4 Å². The van der Waals surface area contributed by atoms with Gasteiger partial charge in [-0.3, -0.25) is 9.59 Å². The molecule has 1 saturated heterocycles. The first-order valence-electron chi connectivity index (χ1n) is 7.83. The molecule has 1 heterocycles. The summed E-state index contributed by atoms with van der Waals surface area (Å²) in [7, 11) is 0. The Hall–Kier alpha value is -1.34. The Balaban J connectivity index is 0.00000208. The number of ether oxygens (including phenoxy) is 1. The summed E-state index contributed by atoms with van der Waals surface area (Å²) in [4.78, 5) is 24.4. The molecule has 1 aliphatic heterocycles. The summed E-state index contributed by atoms with van der Waals surface area (Å²) in [6.07, 6.45) is 2.88. The van der Waals surface area contributed by atoms with Crippen LogP contribution in [0.4, 0.5) is 5.69 Å². The fraction of sp³-hybridized carbons (Fsp3) is 0.500. The molecule has 2 amide bonds. The minimum atomic E-state index is -0.497. The van der Waals surface area contributed by atoms with Gasteiger partial charge in [0.25, 0.3) is 11.8 Å². The van der Waals surface area contributed by atoms with Gasteiger partial charge in [0.1, 0.15) is 6.10 Å². The standard InChI is InChI=1S/C16H20ClN3O3.ClH/c17-13-5-3-10(7-12(13)15(21)19-9-1-2-9)20-16(22)14-6-4-11(8-18)23-14;/h3,5,7,9,11,14H,1-2,4,6,8,18H2,(H,19,21)(H,20,22);1H/t11-,14+;/m1./s1. The molecule has 2 atom stereocenters. The summed E-state index contributed by atoms with van der Waals surface area (Å²) in [5.74, 6) is -0.439. The summed E-state index contributed by atoms with van der Waals surface area (Å²) in [6.45, 7) is 0.413. The zero-order valence-electron chi connectivity index (χ0n) is 13.1. The first kappa shape index (κ1) is 19.0. The van der Waals surface area contributed by atoms with E-state index in [1.165, 1.54) is 0 Å². The number of anilines is 1. The van der Waals surface area contributed by atoms with Crippen LogP contribution in [0, 0.1) is 0 Å². The van der Waals surface area contributed by atoms with E-state index >= 15 is 0 Å². The molecule has 0 bridgehead atoms. The number of rotatable bonds is 5. The first-order valence-corrected chi connectivity index (χ1v) is 8.21. The van der Waals surface area contributed by atoms with Gasteiger partial charge in [-0.25, -0.2) is 0 Å². The Labute approximate surface area is 151 Å². The highest BCUT2D eigenvalue weighted by Crippen LogP contribution is 2.25. The van der Waals surface area contributed by atoms with Crippen molar-refractivity contribution in [1.29, 1.82) is 0 Å². The maximum Gasteiger partial charge on any atom is 0.253 e. The van der Waals surface area contributed by atoms with Crippen LogP contribution in [-0.2, 0) is 9.53 Å². The van der Waals surface area contributed by atoms with Crippen LogP contribution in [0.5, 0.6) is 0 Å². The molecule has 24 heavy (non-hydrogen) atoms. The lowest BCUT2D eigenvalue weighted by atomic mass is 10.1. The molecule has 3 rings (SSSR count). The molecule has 1 aromatic carbocycles. The number of hydrogen-bond acceptors (Lipinski definition) is 4. The average molecular weight is 374 g/mol. The van der Waals surface area contributed by atoms with Crippen LogP contribution in [0.2, 0.25) is 5.02 Å². The third-order valence-electron chi connectivity index (χ3n) is 4.05. The lowest BCUT2D eigenvalue weighted by Crippen LogP contribution is -2.30. The maximum absolute atomic E-state index is 12.2. The van der Waals surface area contributed by atoms with Crippen molar-refractivity contribution in [2.45, 2.75) is 43.9 Å². The van der Waals surface area contributed by atoms with E-state index in [0.717, 1.165) is 19.3 Å². The second-order valence-electron chi connectivity index (χ2n) is 5.99. The fourth-order valence-electron chi connectivity index (χ4n) is 2.56. The van der Waals surface area contributed by atoms with Gasteiger partial charge in [0.15, 0.2) is 0 Å². The molecule has 132 valence electrons. The summed E-state index contributed by atoms with van der Waals surface area (Å²) >= 11 is 6.08. The van der Waals surface area contributed by atoms with Crippen molar-refractivity contribution in [2.75, 3.05) is 11.9 Å². The van der Waals surface area contributed by atoms with E-state index in [0.29, 0.717) is 29.2 Å². The van der Waals surface area contributed by atoms with Gasteiger partial charge in [0.05, 0.1) is 16.7 Å². The molecule has 1 saturated carbocycles. The van der Waals surface area contributed by atoms with E-state index in [2.05, 4.69) is 10.6 Å². The Morgan fingerprint density at radius 2 is 2.00 bits per heavy atom. The number of carbonyl (C=O) groups is 2. The van der Waals surface area contributed by atoms with E-state index in [9.17, 15) is 9.59 Å². The molecular weight excluding hydrogens is 353 g/mol. The molecular formula is C16H21Cl2N3O3. The average Bonchev–Trinajstić information content (AvgIpc) is 3.21. The summed E-state index contributed by atoms with van der Waals surface area (Å²) < 4.78 is 5.56. The minimum Gasteiger partial charge on any atom is -0.364 e. The van der Waals surface area contributed by atoms with Crippen molar-refractivity contribution in [3.63, 3.8) is 0 Å². The number of benzene rings is 1. The van der Waals surface area contributed by atoms with Gasteiger partial charge in [-0.05, 0) is 43.9 Å². The van der Waals surface area contributed by atoms with Crippen LogP contribution in [0.3, 0.4) is 0 Å². The number of nitrogens with two attached hydrogens (primary N) is 1. The predicted octanol–water partition coefficient (Wildman–Crippen LogP) is 2.10. The van der Waals surface area contributed by atoms with Gasteiger partial charge < -0.3 is 21.1 Å². The lowest BCUT2D eigenvalue weighted by Gasteiger charge is -2.14. The summed E-state index contributed by atoms with van der Waals surface area (Å²) in [5.41, 5.74) is 6.44. The summed E-state index contributed by atoms with van der Waals surface area (Å²) in [5, 5.41) is 6.02. The van der Waals surface area contributed by atoms with E-state index in [1.807, 2.05) is 0 Å². The minimum absolute atomic E-state index is 0. The first-order chi connectivity index (χ1) is 11.1. The number of nitrogens with one attached hydrogen (secondary N) is 2. The van der Waals surface area contributed by atoms with Gasteiger partial charge in [-0.1, -0.05) is 11.6 Å². The molecule has 0 radical (unpaired) electrons. The van der Waals surface area contributed by atoms with Crippen LogP contribution >= 0.6 is 24.0 Å². The van der Waals surface area contributed by atoms with Gasteiger partial charge in [0.2, 0.25) is 0 Å². The lowest BCUT2D eigenvalue weighted by molar-refractivity contribution is -0.126. The quantitative estimate of drug-likeness (QED) is 0.736. The highest BCUT2D eigenvalue weighted by molar-refractivity contribution is 6.34. The van der Waals surface area contributed by atoms with Gasteiger partial charge >= 0.3 is 0 Å². The smallest absolute Gasteiger partial charge is 0.253 e. The van der Waals surface area contributed by atoms with Crippen molar-refractivity contribution in [3.05, 3.63) is 28.8 Å². The number of hydrogen-bond donors (Lipinski definition) is 3. The number of amides is 2. The predicted molar refractivity (Wildman–Crippen MR) is 94.8 cm³/mol. The Morgan fingerprint density at radius 1 is 1.25 bits per heavy atom. The van der Waals surface area contributed by atoms with E-state index in [4.69, 9.17) is 22.1 Å². The second kappa shape index (κ2) is 8.16. The highest BCUT2D eigenvalue weighted by Gasteiger charge is 2.30. The van der Waals surface area contributed by atoms with Crippen LogP contribution < -0.4 is 16.4 Å². The largest absolute Gasteiger partial charge is 0.364 e. The van der Waals surface area contributed by atoms with Crippen LogP contribution in [-0.4, -0.2) is 36.6 Å². The molecule has 2 fully saturated rings. The zero-order valence-corrected chi connectivity index (χ0v) is 14.7. The number of halogens is 2. The molecule has 1 aromatic rings. The summed E-state index contributed by atoms with van der Waals surface area (Å²) in [6, 6.07) is 5.12. The van der Waals surface area contributed by atoms with Crippen LogP contribution in [0.25, 0.3) is 0 Å². The van der Waals surface area contributed by atoms with Crippen molar-refractivity contribution in [2.24, 2.45) is 5.73 Å². The van der Waals surface area contributed by atoms with Gasteiger partial charge in [0, 0.05) is 18.3 Å². The zero-order chi connectivity index (χ0) is 16.4. The highest BCUT2D eigenvalue weighted by atomic mass is 35.5. The molecule has 8 heteroatoms. The van der Waals surface area contributed by atoms with Gasteiger partial charge in [-0.2, -0.15) is 0 Å². The van der Waals surface area contributed by atoms with E-state index in [-0.39, 0.29) is 36.4 Å². The molecule has 2 aliphatic rings. The van der Waals surface area contributed by atoms with E-state index in [1.54, 1.807) is 18.2 Å². The maximum atomic E-state index is 12.2. The molecule has 0 unspecified atom stereocenters. The molecule has 0 aromatic heterocycles. The number of carbonyl (C=O) groups excluding carboxylic acids is 2.